The molecule has 0 radical (unpaired) electrons. The van der Waals surface area contributed by atoms with Crippen molar-refractivity contribution in [3.63, 3.8) is 0 Å². The molecule has 0 aromatic carbocycles. The van der Waals surface area contributed by atoms with Gasteiger partial charge in [0.1, 0.15) is 0 Å². The van der Waals surface area contributed by atoms with Gasteiger partial charge in [0.15, 0.2) is 5.13 Å². The van der Waals surface area contributed by atoms with E-state index in [1.54, 1.807) is 5.38 Å². The van der Waals surface area contributed by atoms with Crippen molar-refractivity contribution in [2.24, 2.45) is 0 Å². The molecule has 1 aromatic heterocycles. The summed E-state index contributed by atoms with van der Waals surface area (Å²) in [4.78, 5) is 15.1. The summed E-state index contributed by atoms with van der Waals surface area (Å²) in [5, 5.41) is 4.83. The number of nitrogens with zero attached hydrogens (tertiary/aromatic N) is 1. The van der Waals surface area contributed by atoms with Crippen molar-refractivity contribution < 1.29 is 22.7 Å². The van der Waals surface area contributed by atoms with Gasteiger partial charge in [-0.15, -0.1) is 11.3 Å². The fraction of sp³-hybridized carbons (Fsp3) is 0.636. The van der Waals surface area contributed by atoms with Crippen molar-refractivity contribution in [1.29, 1.82) is 0 Å². The molecule has 0 saturated carbocycles. The monoisotopic (exact) mass is 296 g/mol. The lowest BCUT2D eigenvalue weighted by Crippen LogP contribution is -2.23. The number of esters is 1. The molecule has 0 bridgehead atoms. The Kier molecular flexibility index (Phi) is 5.59. The van der Waals surface area contributed by atoms with Gasteiger partial charge in [-0.05, 0) is 6.92 Å². The van der Waals surface area contributed by atoms with Crippen LogP contribution < -0.4 is 5.32 Å². The predicted molar refractivity (Wildman–Crippen MR) is 66.2 cm³/mol. The second-order valence-corrected chi connectivity index (χ2v) is 4.94. The Labute approximate surface area is 113 Å². The maximum absolute atomic E-state index is 12.2. The van der Waals surface area contributed by atoms with Crippen molar-refractivity contribution in [2.75, 3.05) is 12.4 Å². The lowest BCUT2D eigenvalue weighted by Gasteiger charge is -2.14. The fourth-order valence-electron chi connectivity index (χ4n) is 1.43. The highest BCUT2D eigenvalue weighted by Gasteiger charge is 2.30. The van der Waals surface area contributed by atoms with Crippen LogP contribution in [0, 0.1) is 0 Å². The van der Waals surface area contributed by atoms with Crippen molar-refractivity contribution in [1.82, 2.24) is 4.98 Å². The molecule has 0 fully saturated rings. The topological polar surface area (TPSA) is 51.2 Å². The zero-order chi connectivity index (χ0) is 14.5. The molecular weight excluding hydrogens is 281 g/mol. The number of thiazole rings is 1. The molecule has 19 heavy (non-hydrogen) atoms. The summed E-state index contributed by atoms with van der Waals surface area (Å²) >= 11 is 1.22. The predicted octanol–water partition coefficient (Wildman–Crippen LogP) is 3.00. The fourth-order valence-corrected chi connectivity index (χ4v) is 2.29. The third kappa shape index (κ3) is 6.42. The van der Waals surface area contributed by atoms with E-state index in [0.717, 1.165) is 0 Å². The van der Waals surface area contributed by atoms with Crippen LogP contribution in [0.1, 0.15) is 25.5 Å². The van der Waals surface area contributed by atoms with Crippen LogP contribution in [0.25, 0.3) is 0 Å². The zero-order valence-corrected chi connectivity index (χ0v) is 11.4. The van der Waals surface area contributed by atoms with Gasteiger partial charge >= 0.3 is 12.1 Å². The summed E-state index contributed by atoms with van der Waals surface area (Å²) in [7, 11) is 1.30. The van der Waals surface area contributed by atoms with E-state index in [1.165, 1.54) is 25.4 Å². The maximum Gasteiger partial charge on any atom is 0.391 e. The Hall–Kier alpha value is -1.31. The number of anilines is 1. The van der Waals surface area contributed by atoms with Crippen LogP contribution in [-0.4, -0.2) is 30.3 Å². The van der Waals surface area contributed by atoms with Crippen molar-refractivity contribution >= 4 is 22.4 Å². The van der Waals surface area contributed by atoms with Gasteiger partial charge in [0, 0.05) is 17.8 Å². The number of methoxy groups -OCH3 is 1. The largest absolute Gasteiger partial charge is 0.469 e. The highest BCUT2D eigenvalue weighted by Crippen LogP contribution is 2.24. The van der Waals surface area contributed by atoms with E-state index in [4.69, 9.17) is 0 Å². The third-order valence-corrected chi connectivity index (χ3v) is 3.09. The molecule has 0 spiro atoms. The summed E-state index contributed by atoms with van der Waals surface area (Å²) in [5.74, 6) is -0.340. The summed E-state index contributed by atoms with van der Waals surface area (Å²) in [6.07, 6.45) is -4.49. The molecule has 1 N–H and O–H groups in total. The van der Waals surface area contributed by atoms with Crippen LogP contribution in [-0.2, 0) is 16.0 Å². The summed E-state index contributed by atoms with van der Waals surface area (Å²) in [6.45, 7) is 1.45. The van der Waals surface area contributed by atoms with Crippen LogP contribution in [0.2, 0.25) is 0 Å². The number of hydrogen-bond acceptors (Lipinski definition) is 5. The molecular formula is C11H15F3N2O2S. The van der Waals surface area contributed by atoms with E-state index < -0.39 is 18.6 Å². The van der Waals surface area contributed by atoms with Crippen LogP contribution in [0.15, 0.2) is 5.38 Å². The molecule has 0 saturated heterocycles. The second-order valence-electron chi connectivity index (χ2n) is 4.08. The third-order valence-electron chi connectivity index (χ3n) is 2.27. The van der Waals surface area contributed by atoms with E-state index >= 15 is 0 Å². The van der Waals surface area contributed by atoms with Crippen molar-refractivity contribution in [3.05, 3.63) is 11.1 Å². The Balaban J connectivity index is 2.44. The average molecular weight is 296 g/mol. The van der Waals surface area contributed by atoms with Gasteiger partial charge in [-0.3, -0.25) is 4.79 Å². The quantitative estimate of drug-likeness (QED) is 0.820. The van der Waals surface area contributed by atoms with Gasteiger partial charge in [-0.1, -0.05) is 0 Å². The number of hydrogen-bond donors (Lipinski definition) is 1. The molecule has 4 nitrogen and oxygen atoms in total. The highest BCUT2D eigenvalue weighted by molar-refractivity contribution is 7.13. The minimum atomic E-state index is -4.20. The molecule has 8 heteroatoms. The van der Waals surface area contributed by atoms with Gasteiger partial charge in [0.25, 0.3) is 0 Å². The smallest absolute Gasteiger partial charge is 0.391 e. The minimum Gasteiger partial charge on any atom is -0.469 e. The molecule has 0 aliphatic heterocycles. The summed E-state index contributed by atoms with van der Waals surface area (Å²) in [6, 6.07) is -0.736. The normalized spacial score (nSPS) is 13.1. The van der Waals surface area contributed by atoms with Gasteiger partial charge in [0.05, 0.1) is 25.6 Å². The first-order valence-corrected chi connectivity index (χ1v) is 6.52. The molecule has 0 aliphatic rings. The Morgan fingerprint density at radius 2 is 2.26 bits per heavy atom. The van der Waals surface area contributed by atoms with Gasteiger partial charge < -0.3 is 10.1 Å². The van der Waals surface area contributed by atoms with Gasteiger partial charge in [-0.25, -0.2) is 4.98 Å². The van der Waals surface area contributed by atoms with E-state index in [2.05, 4.69) is 15.0 Å². The van der Waals surface area contributed by atoms with Gasteiger partial charge in [-0.2, -0.15) is 13.2 Å². The Bertz CT molecular complexity index is 420. The second kappa shape index (κ2) is 6.74. The van der Waals surface area contributed by atoms with E-state index in [0.29, 0.717) is 17.2 Å². The molecule has 0 aliphatic carbocycles. The van der Waals surface area contributed by atoms with Crippen molar-refractivity contribution in [3.8, 4) is 0 Å². The molecule has 1 aromatic rings. The molecule has 1 unspecified atom stereocenters. The lowest BCUT2D eigenvalue weighted by atomic mass is 10.2. The highest BCUT2D eigenvalue weighted by atomic mass is 32.1. The first-order chi connectivity index (χ1) is 8.80. The standard InChI is InChI=1S/C11H15F3N2O2S/c1-7(5-11(12,13)14)15-10-16-8(6-19-10)3-4-9(17)18-2/h6-7H,3-5H2,1-2H3,(H,15,16). The SMILES string of the molecule is COC(=O)CCc1csc(NC(C)CC(F)(F)F)n1. The Morgan fingerprint density at radius 3 is 2.84 bits per heavy atom. The molecule has 108 valence electrons. The number of carbonyl (C=O) groups is 1. The van der Waals surface area contributed by atoms with Gasteiger partial charge in [0.2, 0.25) is 0 Å². The number of alkyl halides is 3. The zero-order valence-electron chi connectivity index (χ0n) is 10.6. The number of rotatable bonds is 6. The maximum atomic E-state index is 12.2. The minimum absolute atomic E-state index is 0.206. The number of aromatic nitrogens is 1. The average Bonchev–Trinajstić information content (AvgIpc) is 2.70. The number of halogens is 3. The van der Waals surface area contributed by atoms with Crippen molar-refractivity contribution in [2.45, 2.75) is 38.4 Å². The van der Waals surface area contributed by atoms with E-state index in [1.807, 2.05) is 0 Å². The number of aryl methyl sites for hydroxylation is 1. The van der Waals surface area contributed by atoms with Crippen LogP contribution >= 0.6 is 11.3 Å². The Morgan fingerprint density at radius 1 is 1.58 bits per heavy atom. The molecule has 1 atom stereocenters. The van der Waals surface area contributed by atoms with Crippen LogP contribution in [0.3, 0.4) is 0 Å². The van der Waals surface area contributed by atoms with E-state index in [-0.39, 0.29) is 12.4 Å². The molecule has 0 amide bonds. The summed E-state index contributed by atoms with van der Waals surface area (Å²) in [5.41, 5.74) is 0.664. The van der Waals surface area contributed by atoms with Crippen LogP contribution in [0.4, 0.5) is 18.3 Å². The number of nitrogens with one attached hydrogen (secondary N) is 1. The molecule has 1 heterocycles. The first-order valence-electron chi connectivity index (χ1n) is 5.64. The lowest BCUT2D eigenvalue weighted by molar-refractivity contribution is -0.140. The molecule has 1 rings (SSSR count). The number of carbonyl (C=O) groups excluding carboxylic acids is 1. The first kappa shape index (κ1) is 15.7. The van der Waals surface area contributed by atoms with E-state index in [9.17, 15) is 18.0 Å². The number of ether oxygens (including phenoxy) is 1. The summed E-state index contributed by atoms with van der Waals surface area (Å²) < 4.78 is 41.0. The van der Waals surface area contributed by atoms with Crippen LogP contribution in [0.5, 0.6) is 0 Å².